The van der Waals surface area contributed by atoms with Crippen LogP contribution in [-0.4, -0.2) is 22.6 Å². The van der Waals surface area contributed by atoms with Crippen LogP contribution in [0.4, 0.5) is 0 Å². The van der Waals surface area contributed by atoms with Crippen LogP contribution in [0.25, 0.3) is 10.9 Å². The molecule has 1 aromatic heterocycles. The first-order valence-corrected chi connectivity index (χ1v) is 5.69. The van der Waals surface area contributed by atoms with Gasteiger partial charge in [-0.05, 0) is 37.2 Å². The lowest BCUT2D eigenvalue weighted by Crippen LogP contribution is -1.95. The Kier molecular flexibility index (Phi) is 5.23. The molecule has 4 nitrogen and oxygen atoms in total. The summed E-state index contributed by atoms with van der Waals surface area (Å²) in [7, 11) is 0. The van der Waals surface area contributed by atoms with Crippen molar-refractivity contribution in [2.24, 2.45) is 5.73 Å². The second-order valence-corrected chi connectivity index (χ2v) is 3.73. The van der Waals surface area contributed by atoms with Crippen LogP contribution in [0.3, 0.4) is 0 Å². The minimum atomic E-state index is -0.891. The number of aromatic nitrogens is 1. The third kappa shape index (κ3) is 3.92. The van der Waals surface area contributed by atoms with Crippen LogP contribution in [0.5, 0.6) is 0 Å². The summed E-state index contributed by atoms with van der Waals surface area (Å²) in [5.74, 6) is -0.891. The molecule has 4 N–H and O–H groups in total. The fourth-order valence-corrected chi connectivity index (χ4v) is 1.39. The Bertz CT molecular complexity index is 475. The van der Waals surface area contributed by atoms with Crippen molar-refractivity contribution in [1.82, 2.24) is 4.98 Å². The number of aromatic carboxylic acids is 1. The van der Waals surface area contributed by atoms with Crippen LogP contribution in [0.1, 0.15) is 30.1 Å². The van der Waals surface area contributed by atoms with Gasteiger partial charge in [0.1, 0.15) is 0 Å². The molecule has 0 atom stereocenters. The fraction of sp³-hybridized carbons (Fsp3) is 0.308. The molecule has 0 saturated heterocycles. The molecule has 4 heteroatoms. The van der Waals surface area contributed by atoms with E-state index in [0.717, 1.165) is 17.4 Å². The van der Waals surface area contributed by atoms with Gasteiger partial charge in [-0.2, -0.15) is 0 Å². The number of aromatic amines is 1. The van der Waals surface area contributed by atoms with Crippen LogP contribution in [0.2, 0.25) is 0 Å². The molecule has 0 spiro atoms. The zero-order chi connectivity index (χ0) is 12.7. The van der Waals surface area contributed by atoms with Crippen LogP contribution < -0.4 is 5.73 Å². The third-order valence-corrected chi connectivity index (χ3v) is 2.36. The predicted molar refractivity (Wildman–Crippen MR) is 69.2 cm³/mol. The normalized spacial score (nSPS) is 9.76. The van der Waals surface area contributed by atoms with E-state index in [1.807, 2.05) is 6.07 Å². The Balaban J connectivity index is 0.000000249. The Morgan fingerprint density at radius 2 is 2.18 bits per heavy atom. The highest BCUT2D eigenvalue weighted by Crippen LogP contribution is 2.13. The third-order valence-electron chi connectivity index (χ3n) is 2.36. The molecule has 17 heavy (non-hydrogen) atoms. The maximum absolute atomic E-state index is 10.6. The number of unbranched alkanes of at least 4 members (excludes halogenated alkanes) is 1. The molecule has 0 radical (unpaired) electrons. The van der Waals surface area contributed by atoms with Crippen molar-refractivity contribution in [3.05, 3.63) is 36.0 Å². The number of rotatable bonds is 3. The molecule has 0 aliphatic heterocycles. The SMILES string of the molecule is CCCCN.O=C(O)c1ccc2[nH]ccc2c1. The summed E-state index contributed by atoms with van der Waals surface area (Å²) in [4.78, 5) is 13.5. The molecule has 2 rings (SSSR count). The lowest BCUT2D eigenvalue weighted by molar-refractivity contribution is 0.0697. The van der Waals surface area contributed by atoms with E-state index < -0.39 is 5.97 Å². The summed E-state index contributed by atoms with van der Waals surface area (Å²) in [6.45, 7) is 2.98. The quantitative estimate of drug-likeness (QED) is 0.763. The van der Waals surface area contributed by atoms with Crippen molar-refractivity contribution in [1.29, 1.82) is 0 Å². The smallest absolute Gasteiger partial charge is 0.335 e. The van der Waals surface area contributed by atoms with Gasteiger partial charge in [0.05, 0.1) is 5.56 Å². The molecule has 0 amide bonds. The lowest BCUT2D eigenvalue weighted by atomic mass is 10.1. The molecule has 2 aromatic rings. The van der Waals surface area contributed by atoms with Crippen LogP contribution >= 0.6 is 0 Å². The number of hydrogen-bond donors (Lipinski definition) is 3. The van der Waals surface area contributed by atoms with Crippen LogP contribution in [0, 0.1) is 0 Å². The molecule has 1 heterocycles. The van der Waals surface area contributed by atoms with E-state index in [4.69, 9.17) is 10.8 Å². The zero-order valence-electron chi connectivity index (χ0n) is 9.94. The Labute approximate surface area is 100 Å². The first-order chi connectivity index (χ1) is 8.19. The molecule has 0 aliphatic rings. The van der Waals surface area contributed by atoms with Gasteiger partial charge in [-0.15, -0.1) is 0 Å². The highest BCUT2D eigenvalue weighted by atomic mass is 16.4. The highest BCUT2D eigenvalue weighted by molar-refractivity contribution is 5.93. The molecular formula is C13H18N2O2. The van der Waals surface area contributed by atoms with Crippen molar-refractivity contribution in [3.63, 3.8) is 0 Å². The first kappa shape index (κ1) is 13.3. The number of fused-ring (bicyclic) bond motifs is 1. The highest BCUT2D eigenvalue weighted by Gasteiger charge is 2.02. The number of hydrogen-bond acceptors (Lipinski definition) is 2. The summed E-state index contributed by atoms with van der Waals surface area (Å²) < 4.78 is 0. The number of H-pyrrole nitrogens is 1. The lowest BCUT2D eigenvalue weighted by Gasteiger charge is -1.93. The van der Waals surface area contributed by atoms with Gasteiger partial charge in [0.2, 0.25) is 0 Å². The molecule has 0 aliphatic carbocycles. The minimum absolute atomic E-state index is 0.321. The van der Waals surface area contributed by atoms with E-state index in [9.17, 15) is 4.79 Å². The Morgan fingerprint density at radius 3 is 2.71 bits per heavy atom. The molecule has 0 bridgehead atoms. The molecule has 92 valence electrons. The fourth-order valence-electron chi connectivity index (χ4n) is 1.39. The number of carbonyl (C=O) groups is 1. The molecular weight excluding hydrogens is 216 g/mol. The summed E-state index contributed by atoms with van der Waals surface area (Å²) in [6, 6.07) is 6.84. The van der Waals surface area contributed by atoms with Gasteiger partial charge in [-0.25, -0.2) is 4.79 Å². The van der Waals surface area contributed by atoms with Gasteiger partial charge in [0, 0.05) is 17.1 Å². The maximum Gasteiger partial charge on any atom is 0.335 e. The van der Waals surface area contributed by atoms with Crippen LogP contribution in [-0.2, 0) is 0 Å². The van der Waals surface area contributed by atoms with Crippen molar-refractivity contribution in [2.75, 3.05) is 6.54 Å². The number of nitrogens with one attached hydrogen (secondary N) is 1. The van der Waals surface area contributed by atoms with E-state index in [1.165, 1.54) is 12.8 Å². The largest absolute Gasteiger partial charge is 0.478 e. The Hall–Kier alpha value is -1.81. The number of benzene rings is 1. The summed E-state index contributed by atoms with van der Waals surface area (Å²) in [5, 5.41) is 9.60. The maximum atomic E-state index is 10.6. The van der Waals surface area contributed by atoms with Gasteiger partial charge >= 0.3 is 5.97 Å². The average molecular weight is 234 g/mol. The first-order valence-electron chi connectivity index (χ1n) is 5.69. The minimum Gasteiger partial charge on any atom is -0.478 e. The van der Waals surface area contributed by atoms with E-state index >= 15 is 0 Å². The van der Waals surface area contributed by atoms with Crippen molar-refractivity contribution < 1.29 is 9.90 Å². The van der Waals surface area contributed by atoms with E-state index in [-0.39, 0.29) is 0 Å². The van der Waals surface area contributed by atoms with Crippen molar-refractivity contribution >= 4 is 16.9 Å². The second-order valence-electron chi connectivity index (χ2n) is 3.73. The molecule has 0 fully saturated rings. The average Bonchev–Trinajstić information content (AvgIpc) is 2.77. The standard InChI is InChI=1S/C9H7NO2.C4H11N/c11-9(12)7-1-2-8-6(5-7)3-4-10-8;1-2-3-4-5/h1-5,10H,(H,11,12);2-5H2,1H3. The van der Waals surface area contributed by atoms with Crippen LogP contribution in [0.15, 0.2) is 30.5 Å². The van der Waals surface area contributed by atoms with Gasteiger partial charge in [-0.1, -0.05) is 13.3 Å². The number of carboxylic acids is 1. The molecule has 0 saturated carbocycles. The van der Waals surface area contributed by atoms with Crippen molar-refractivity contribution in [3.8, 4) is 0 Å². The van der Waals surface area contributed by atoms with E-state index in [0.29, 0.717) is 5.56 Å². The van der Waals surface area contributed by atoms with E-state index in [1.54, 1.807) is 24.4 Å². The summed E-state index contributed by atoms with van der Waals surface area (Å²) >= 11 is 0. The van der Waals surface area contributed by atoms with Crippen molar-refractivity contribution in [2.45, 2.75) is 19.8 Å². The number of nitrogens with two attached hydrogens (primary N) is 1. The monoisotopic (exact) mass is 234 g/mol. The zero-order valence-corrected chi connectivity index (χ0v) is 9.94. The topological polar surface area (TPSA) is 79.1 Å². The number of carboxylic acid groups (broad SMARTS) is 1. The van der Waals surface area contributed by atoms with E-state index in [2.05, 4.69) is 11.9 Å². The predicted octanol–water partition coefficient (Wildman–Crippen LogP) is 2.61. The molecule has 1 aromatic carbocycles. The summed E-state index contributed by atoms with van der Waals surface area (Å²) in [5.41, 5.74) is 6.42. The summed E-state index contributed by atoms with van der Waals surface area (Å²) in [6.07, 6.45) is 4.17. The Morgan fingerprint density at radius 1 is 1.41 bits per heavy atom. The molecule has 0 unspecified atom stereocenters. The van der Waals surface area contributed by atoms with Gasteiger partial charge in [0.15, 0.2) is 0 Å². The second kappa shape index (κ2) is 6.70. The van der Waals surface area contributed by atoms with Gasteiger partial charge < -0.3 is 15.8 Å². The van der Waals surface area contributed by atoms with Gasteiger partial charge in [-0.3, -0.25) is 0 Å². The van der Waals surface area contributed by atoms with Gasteiger partial charge in [0.25, 0.3) is 0 Å².